The molecule has 0 amide bonds. The Morgan fingerprint density at radius 3 is 0.590 bits per heavy atom. The zero-order valence-corrected chi connectivity index (χ0v) is 63.0. The van der Waals surface area contributed by atoms with Crippen LogP contribution in [0.1, 0.15) is 0 Å². The first kappa shape index (κ1) is 89.5. The fourth-order valence-electron chi connectivity index (χ4n) is 6.63. The van der Waals surface area contributed by atoms with Gasteiger partial charge in [-0.25, -0.2) is 0 Å². The third-order valence-electron chi connectivity index (χ3n) is 11.8. The average Bonchev–Trinajstić information content (AvgIpc) is 0.895. The molecule has 33 heteroatoms. The highest BCUT2D eigenvalue weighted by atomic mass is 35.5. The Morgan fingerprint density at radius 1 is 0.257 bits per heavy atom. The summed E-state index contributed by atoms with van der Waals surface area (Å²) < 4.78 is 0. The van der Waals surface area contributed by atoms with Crippen LogP contribution < -0.4 is 39.0 Å². The van der Waals surface area contributed by atoms with Crippen LogP contribution in [-0.2, 0) is 0 Å². The second kappa shape index (κ2) is 50.6. The number of nitro groups is 2. The van der Waals surface area contributed by atoms with E-state index in [1.54, 1.807) is 243 Å². The Kier molecular flexibility index (Phi) is 43.1. The number of nitroso groups, excluding NO2 is 3. The van der Waals surface area contributed by atoms with Gasteiger partial charge in [0.2, 0.25) is 0 Å². The lowest BCUT2D eigenvalue weighted by Crippen LogP contribution is -2.09. The molecule has 0 saturated heterocycles. The summed E-state index contributed by atoms with van der Waals surface area (Å²) in [4.78, 5) is 53.9. The summed E-state index contributed by atoms with van der Waals surface area (Å²) in [5, 5.41) is 47.1. The number of nitrogen functional groups attached to an aromatic ring is 3. The summed E-state index contributed by atoms with van der Waals surface area (Å²) in [5.41, 5.74) is 31.8. The Bertz CT molecular complexity index is 4140. The number of non-ortho nitro benzene ring substituents is 2. The maximum Gasteiger partial charge on any atom is 0.292 e. The highest BCUT2D eigenvalue weighted by Crippen LogP contribution is 2.23. The highest BCUT2D eigenvalue weighted by molar-refractivity contribution is 6.33. The van der Waals surface area contributed by atoms with Gasteiger partial charge in [-0.2, -0.15) is 0 Å². The van der Waals surface area contributed by atoms with Crippen molar-refractivity contribution >= 4 is 207 Å². The van der Waals surface area contributed by atoms with Gasteiger partial charge >= 0.3 is 0 Å². The summed E-state index contributed by atoms with van der Waals surface area (Å²) in [6.07, 6.45) is 0. The maximum absolute atomic E-state index is 11.7. The molecule has 0 unspecified atom stereocenters. The van der Waals surface area contributed by atoms with Crippen LogP contribution >= 0.6 is 139 Å². The molecule has 21 nitrogen and oxygen atoms in total. The van der Waals surface area contributed by atoms with Crippen molar-refractivity contribution in [2.24, 2.45) is 5.18 Å². The summed E-state index contributed by atoms with van der Waals surface area (Å²) >= 11 is 67.3. The molecule has 0 aromatic heterocycles. The molecular weight excluding hydrogens is 1600 g/mol. The number of rotatable bonds is 11. The second-order valence-electron chi connectivity index (χ2n) is 19.7. The van der Waals surface area contributed by atoms with Gasteiger partial charge in [-0.05, 0) is 248 Å². The summed E-state index contributed by atoms with van der Waals surface area (Å²) in [5.74, 6) is 0. The van der Waals surface area contributed by atoms with E-state index < -0.39 is 9.85 Å². The average molecular weight is 1660 g/mol. The Balaban J connectivity index is 0.000000307. The minimum atomic E-state index is -0.462. The molecule has 0 radical (unpaired) electrons. The smallest absolute Gasteiger partial charge is 0.292 e. The fraction of sp³-hybridized carbons (Fsp3) is 0. The fourth-order valence-corrected chi connectivity index (χ4v) is 8.14. The van der Waals surface area contributed by atoms with Gasteiger partial charge in [-0.3, -0.25) is 41.6 Å². The molecule has 12 aromatic rings. The van der Waals surface area contributed by atoms with Gasteiger partial charge in [-0.15, -0.1) is 15.8 Å². The van der Waals surface area contributed by atoms with Crippen LogP contribution in [0.3, 0.4) is 0 Å². The van der Waals surface area contributed by atoms with E-state index >= 15 is 0 Å². The number of hydrogen-bond acceptors (Lipinski definition) is 15. The van der Waals surface area contributed by atoms with Crippen molar-refractivity contribution in [3.05, 3.63) is 386 Å². The Labute approximate surface area is 662 Å². The third-order valence-corrected chi connectivity index (χ3v) is 14.9. The lowest BCUT2D eigenvalue weighted by molar-refractivity contribution is -0.428. The molecule has 0 spiro atoms. The van der Waals surface area contributed by atoms with Gasteiger partial charge in [0.05, 0.1) is 31.0 Å². The monoisotopic (exact) mass is 1660 g/mol. The Hall–Kier alpha value is -9.76. The molecule has 0 bridgehead atoms. The van der Waals surface area contributed by atoms with Gasteiger partial charge in [0, 0.05) is 126 Å². The zero-order valence-electron chi connectivity index (χ0n) is 54.0. The highest BCUT2D eigenvalue weighted by Gasteiger charge is 2.15. The first-order valence-corrected chi connectivity index (χ1v) is 33.8. The lowest BCUT2D eigenvalue weighted by atomic mass is 10.3. The number of anilines is 7. The summed E-state index contributed by atoms with van der Waals surface area (Å²) in [7, 11) is 0. The molecule has 105 heavy (non-hydrogen) atoms. The van der Waals surface area contributed by atoms with Crippen molar-refractivity contribution in [1.29, 1.82) is 0 Å². The van der Waals surface area contributed by atoms with Crippen molar-refractivity contribution in [3.8, 4) is 0 Å². The number of benzene rings is 12. The molecule has 12 rings (SSSR count). The standard InChI is InChI=1S/2C12H9Cl2N2O.2C6H4ClNO2.2C6H6ClNO.C6H4ClNO.3C6H6ClN/c2*13-9-1-5-11(6-2-9)15-16(17)12-7-3-10(14)4-8-12;2*7-5-1-3-6(4-2-5)8(9)10;3*7-5-1-3-6(8-9)4-2-5;3*7-5-1-3-6(8)4-2-5/h2*1-8H,(H,15,17);2*1-4H;2*1-4,8-9H;1-4H;3*1-4H,8H2/q2*+1;;;;;;;;. The van der Waals surface area contributed by atoms with Crippen molar-refractivity contribution in [2.45, 2.75) is 0 Å². The molecule has 0 heterocycles. The van der Waals surface area contributed by atoms with Gasteiger partial charge in [0.25, 0.3) is 22.7 Å². The van der Waals surface area contributed by atoms with E-state index in [2.05, 4.69) is 16.0 Å². The number of hydrazine groups is 2. The van der Waals surface area contributed by atoms with Crippen LogP contribution in [0, 0.1) is 34.9 Å². The normalized spacial score (nSPS) is 9.43. The number of nitrogens with one attached hydrogen (secondary N) is 4. The van der Waals surface area contributed by atoms with Gasteiger partial charge < -0.3 is 17.2 Å². The minimum Gasteiger partial charge on any atom is -0.399 e. The van der Waals surface area contributed by atoms with Crippen LogP contribution in [0.15, 0.2) is 296 Å². The topological polar surface area (TPSA) is 323 Å². The molecule has 0 atom stereocenters. The molecule has 0 saturated carbocycles. The predicted octanol–water partition coefficient (Wildman–Crippen LogP) is 26.1. The van der Waals surface area contributed by atoms with Gasteiger partial charge in [0.15, 0.2) is 9.74 Å². The molecule has 0 aliphatic heterocycles. The predicted molar refractivity (Wildman–Crippen MR) is 434 cm³/mol. The molecule has 12 aromatic carbocycles. The summed E-state index contributed by atoms with van der Waals surface area (Å²) in [6, 6.07) is 79.4. The molecular formula is C72H60Cl12N12O9+2. The van der Waals surface area contributed by atoms with Crippen LogP contribution in [0.25, 0.3) is 0 Å². The molecule has 12 N–H and O–H groups in total. The van der Waals surface area contributed by atoms with Crippen LogP contribution in [0.2, 0.25) is 60.3 Å². The van der Waals surface area contributed by atoms with E-state index in [-0.39, 0.29) is 11.4 Å². The van der Waals surface area contributed by atoms with Crippen LogP contribution in [-0.4, -0.2) is 30.0 Å². The second-order valence-corrected chi connectivity index (χ2v) is 24.9. The van der Waals surface area contributed by atoms with E-state index in [0.717, 1.165) is 32.1 Å². The van der Waals surface area contributed by atoms with E-state index in [9.17, 15) is 34.9 Å². The van der Waals surface area contributed by atoms with Crippen molar-refractivity contribution in [2.75, 3.05) is 39.0 Å². The SMILES string of the molecule is Nc1ccc(Cl)cc1.Nc1ccc(Cl)cc1.Nc1ccc(Cl)cc1.O=Nc1ccc(Cl)cc1.O=[N+](Nc1ccc(Cl)cc1)c1ccc(Cl)cc1.O=[N+](Nc1ccc(Cl)cc1)c1ccc(Cl)cc1.O=[N+]([O-])c1ccc(Cl)cc1.O=[N+]([O-])c1ccc(Cl)cc1.ONc1ccc(Cl)cc1.ONc1ccc(Cl)cc1. The Morgan fingerprint density at radius 2 is 0.419 bits per heavy atom. The first-order valence-electron chi connectivity index (χ1n) is 29.3. The summed E-state index contributed by atoms with van der Waals surface area (Å²) in [6.45, 7) is 0. The van der Waals surface area contributed by atoms with Crippen molar-refractivity contribution in [1.82, 2.24) is 0 Å². The number of nitrogens with zero attached hydrogens (tertiary/aromatic N) is 5. The third kappa shape index (κ3) is 40.8. The number of nitro benzene ring substituents is 2. The van der Waals surface area contributed by atoms with E-state index in [4.69, 9.17) is 167 Å². The van der Waals surface area contributed by atoms with E-state index in [1.807, 2.05) is 11.0 Å². The number of hydrogen-bond donors (Lipinski definition) is 9. The van der Waals surface area contributed by atoms with Gasteiger partial charge in [0.1, 0.15) is 17.1 Å². The number of nitrogens with two attached hydrogens (primary N) is 3. The molecule has 0 aliphatic carbocycles. The molecule has 0 fully saturated rings. The van der Waals surface area contributed by atoms with Crippen molar-refractivity contribution in [3.63, 3.8) is 0 Å². The molecule has 0 aliphatic rings. The lowest BCUT2D eigenvalue weighted by Gasteiger charge is -1.97. The van der Waals surface area contributed by atoms with Crippen molar-refractivity contribution < 1.29 is 30.0 Å². The minimum absolute atomic E-state index is 0.0596. The largest absolute Gasteiger partial charge is 0.399 e. The van der Waals surface area contributed by atoms with Crippen LogP contribution in [0.4, 0.5) is 68.2 Å². The van der Waals surface area contributed by atoms with Gasteiger partial charge in [-0.1, -0.05) is 139 Å². The quantitative estimate of drug-likeness (QED) is 0.0191. The number of halogens is 12. The van der Waals surface area contributed by atoms with Crippen LogP contribution in [0.5, 0.6) is 0 Å². The first-order chi connectivity index (χ1) is 50.0. The maximum atomic E-state index is 11.7. The van der Waals surface area contributed by atoms with E-state index in [0.29, 0.717) is 94.8 Å². The van der Waals surface area contributed by atoms with E-state index in [1.165, 1.54) is 48.5 Å². The zero-order chi connectivity index (χ0) is 77.6. The molecule has 544 valence electrons.